The van der Waals surface area contributed by atoms with E-state index in [9.17, 15) is 4.79 Å². The number of fused-ring (bicyclic) bond motifs is 1. The number of nitrogens with zero attached hydrogens (tertiary/aromatic N) is 3. The van der Waals surface area contributed by atoms with Gasteiger partial charge in [-0.25, -0.2) is 9.97 Å². The first-order valence-corrected chi connectivity index (χ1v) is 8.84. The van der Waals surface area contributed by atoms with Gasteiger partial charge >= 0.3 is 0 Å². The molecule has 0 atom stereocenters. The number of anilines is 2. The zero-order valence-corrected chi connectivity index (χ0v) is 15.4. The molecular weight excluding hydrogens is 332 g/mol. The molecule has 0 aliphatic carbocycles. The molecule has 2 heterocycles. The lowest BCUT2D eigenvalue weighted by atomic mass is 10.2. The lowest BCUT2D eigenvalue weighted by Crippen LogP contribution is -2.28. The number of aromatic nitrogens is 2. The summed E-state index contributed by atoms with van der Waals surface area (Å²) in [5.74, 6) is 2.44. The molecule has 1 aromatic heterocycles. The Bertz CT molecular complexity index is 794. The van der Waals surface area contributed by atoms with Crippen molar-refractivity contribution in [1.29, 1.82) is 0 Å². The minimum Gasteiger partial charge on any atom is -0.486 e. The molecule has 2 aromatic rings. The summed E-state index contributed by atoms with van der Waals surface area (Å²) in [7, 11) is 1.79. The minimum absolute atomic E-state index is 0.103. The van der Waals surface area contributed by atoms with Crippen LogP contribution in [-0.2, 0) is 0 Å². The Kier molecular flexibility index (Phi) is 5.55. The van der Waals surface area contributed by atoms with Crippen LogP contribution in [-0.4, -0.2) is 47.6 Å². The van der Waals surface area contributed by atoms with Gasteiger partial charge in [0.2, 0.25) is 0 Å². The van der Waals surface area contributed by atoms with Gasteiger partial charge in [0.1, 0.15) is 30.5 Å². The molecule has 0 radical (unpaired) electrons. The second-order valence-corrected chi connectivity index (χ2v) is 6.25. The van der Waals surface area contributed by atoms with Crippen molar-refractivity contribution >= 4 is 17.4 Å². The van der Waals surface area contributed by atoms with Crippen molar-refractivity contribution < 1.29 is 14.3 Å². The lowest BCUT2D eigenvalue weighted by molar-refractivity contribution is 0.0787. The average Bonchev–Trinajstić information content (AvgIpc) is 2.65. The van der Waals surface area contributed by atoms with Crippen molar-refractivity contribution in [2.75, 3.05) is 32.1 Å². The molecule has 0 saturated heterocycles. The highest BCUT2D eigenvalue weighted by molar-refractivity contribution is 5.93. The average molecular weight is 356 g/mol. The molecule has 3 rings (SSSR count). The van der Waals surface area contributed by atoms with Crippen LogP contribution in [0.5, 0.6) is 11.5 Å². The number of hydrogen-bond acceptors (Lipinski definition) is 6. The van der Waals surface area contributed by atoms with Crippen LogP contribution in [0.3, 0.4) is 0 Å². The monoisotopic (exact) mass is 356 g/mol. The van der Waals surface area contributed by atoms with Gasteiger partial charge in [0.15, 0.2) is 11.5 Å². The van der Waals surface area contributed by atoms with E-state index in [4.69, 9.17) is 9.47 Å². The molecule has 138 valence electrons. The van der Waals surface area contributed by atoms with Gasteiger partial charge in [-0.05, 0) is 25.5 Å². The van der Waals surface area contributed by atoms with E-state index in [0.717, 1.165) is 24.3 Å². The number of ether oxygens (including phenoxy) is 2. The van der Waals surface area contributed by atoms with Crippen LogP contribution in [0.4, 0.5) is 11.5 Å². The maximum absolute atomic E-state index is 12.6. The third kappa shape index (κ3) is 4.22. The first kappa shape index (κ1) is 18.0. The summed E-state index contributed by atoms with van der Waals surface area (Å²) in [5, 5.41) is 3.21. The molecule has 1 amide bonds. The summed E-state index contributed by atoms with van der Waals surface area (Å²) in [6, 6.07) is 7.28. The van der Waals surface area contributed by atoms with Crippen molar-refractivity contribution in [3.63, 3.8) is 0 Å². The van der Waals surface area contributed by atoms with Gasteiger partial charge in [0, 0.05) is 31.4 Å². The van der Waals surface area contributed by atoms with E-state index < -0.39 is 0 Å². The van der Waals surface area contributed by atoms with Crippen molar-refractivity contribution in [2.24, 2.45) is 0 Å². The number of rotatable bonds is 6. The number of benzene rings is 1. The number of amides is 1. The normalized spacial score (nSPS) is 12.6. The lowest BCUT2D eigenvalue weighted by Gasteiger charge is -2.19. The summed E-state index contributed by atoms with van der Waals surface area (Å²) in [6.07, 6.45) is 2.01. The number of carbonyl (C=O) groups excluding carboxylic acids is 1. The van der Waals surface area contributed by atoms with E-state index >= 15 is 0 Å². The molecular formula is C19H24N4O3. The SMILES string of the molecule is CCCCN(C)C(=O)c1cc(Nc2ccc3c(c2)OCCO3)nc(C)n1. The fraction of sp³-hybridized carbons (Fsp3) is 0.421. The Balaban J connectivity index is 1.78. The standard InChI is InChI=1S/C19H24N4O3/c1-4-5-8-23(3)19(24)15-12-18(21-13(2)20-15)22-14-6-7-16-17(11-14)26-10-9-25-16/h6-7,11-12H,4-5,8-10H2,1-3H3,(H,20,21,22). The molecule has 1 aliphatic heterocycles. The van der Waals surface area contributed by atoms with Gasteiger partial charge in [-0.15, -0.1) is 0 Å². The van der Waals surface area contributed by atoms with Crippen molar-refractivity contribution in [1.82, 2.24) is 14.9 Å². The second kappa shape index (κ2) is 8.03. The van der Waals surface area contributed by atoms with E-state index in [1.54, 1.807) is 24.9 Å². The van der Waals surface area contributed by atoms with Crippen molar-refractivity contribution in [3.8, 4) is 11.5 Å². The fourth-order valence-corrected chi connectivity index (χ4v) is 2.70. The number of hydrogen-bond donors (Lipinski definition) is 1. The summed E-state index contributed by atoms with van der Waals surface area (Å²) in [5.41, 5.74) is 1.20. The first-order chi connectivity index (χ1) is 12.6. The van der Waals surface area contributed by atoms with Crippen LogP contribution >= 0.6 is 0 Å². The van der Waals surface area contributed by atoms with E-state index in [0.29, 0.717) is 42.8 Å². The van der Waals surface area contributed by atoms with Crippen LogP contribution < -0.4 is 14.8 Å². The second-order valence-electron chi connectivity index (χ2n) is 6.25. The zero-order chi connectivity index (χ0) is 18.5. The number of carbonyl (C=O) groups is 1. The Hall–Kier alpha value is -2.83. The predicted molar refractivity (Wildman–Crippen MR) is 99.4 cm³/mol. The van der Waals surface area contributed by atoms with Gasteiger partial charge < -0.3 is 19.7 Å². The van der Waals surface area contributed by atoms with Crippen LogP contribution in [0.15, 0.2) is 24.3 Å². The Morgan fingerprint density at radius 1 is 1.19 bits per heavy atom. The van der Waals surface area contributed by atoms with Crippen LogP contribution in [0, 0.1) is 6.92 Å². The third-order valence-corrected chi connectivity index (χ3v) is 4.07. The number of unbranched alkanes of at least 4 members (excludes halogenated alkanes) is 1. The first-order valence-electron chi connectivity index (χ1n) is 8.84. The summed E-state index contributed by atoms with van der Waals surface area (Å²) in [4.78, 5) is 22.9. The molecule has 1 aromatic carbocycles. The minimum atomic E-state index is -0.103. The van der Waals surface area contributed by atoms with E-state index in [1.165, 1.54) is 0 Å². The fourth-order valence-electron chi connectivity index (χ4n) is 2.70. The predicted octanol–water partition coefficient (Wildman–Crippen LogP) is 3.17. The molecule has 0 fully saturated rings. The highest BCUT2D eigenvalue weighted by Crippen LogP contribution is 2.33. The Labute approximate surface area is 153 Å². The van der Waals surface area contributed by atoms with Gasteiger partial charge in [0.05, 0.1) is 0 Å². The van der Waals surface area contributed by atoms with E-state index in [1.807, 2.05) is 18.2 Å². The van der Waals surface area contributed by atoms with Crippen LogP contribution in [0.2, 0.25) is 0 Å². The van der Waals surface area contributed by atoms with Gasteiger partial charge in [-0.2, -0.15) is 0 Å². The van der Waals surface area contributed by atoms with Crippen LogP contribution in [0.1, 0.15) is 36.1 Å². The number of aryl methyl sites for hydroxylation is 1. The molecule has 0 unspecified atom stereocenters. The topological polar surface area (TPSA) is 76.6 Å². The maximum Gasteiger partial charge on any atom is 0.272 e. The molecule has 1 aliphatic rings. The van der Waals surface area contributed by atoms with E-state index in [2.05, 4.69) is 22.2 Å². The van der Waals surface area contributed by atoms with Gasteiger partial charge in [-0.1, -0.05) is 13.3 Å². The molecule has 0 saturated carbocycles. The molecule has 0 bridgehead atoms. The Morgan fingerprint density at radius 2 is 1.96 bits per heavy atom. The smallest absolute Gasteiger partial charge is 0.272 e. The molecule has 0 spiro atoms. The summed E-state index contributed by atoms with van der Waals surface area (Å²) < 4.78 is 11.1. The Morgan fingerprint density at radius 3 is 2.73 bits per heavy atom. The van der Waals surface area contributed by atoms with Crippen LogP contribution in [0.25, 0.3) is 0 Å². The van der Waals surface area contributed by atoms with Crippen molar-refractivity contribution in [2.45, 2.75) is 26.7 Å². The molecule has 26 heavy (non-hydrogen) atoms. The largest absolute Gasteiger partial charge is 0.486 e. The van der Waals surface area contributed by atoms with E-state index in [-0.39, 0.29) is 5.91 Å². The van der Waals surface area contributed by atoms with Gasteiger partial charge in [-0.3, -0.25) is 4.79 Å². The van der Waals surface area contributed by atoms with Crippen molar-refractivity contribution in [3.05, 3.63) is 35.8 Å². The molecule has 1 N–H and O–H groups in total. The highest BCUT2D eigenvalue weighted by Gasteiger charge is 2.16. The number of nitrogens with one attached hydrogen (secondary N) is 1. The quantitative estimate of drug-likeness (QED) is 0.857. The van der Waals surface area contributed by atoms with Gasteiger partial charge in [0.25, 0.3) is 5.91 Å². The maximum atomic E-state index is 12.6. The molecule has 7 heteroatoms. The summed E-state index contributed by atoms with van der Waals surface area (Å²) >= 11 is 0. The third-order valence-electron chi connectivity index (χ3n) is 4.07. The highest BCUT2D eigenvalue weighted by atomic mass is 16.6. The summed E-state index contributed by atoms with van der Waals surface area (Å²) in [6.45, 7) is 5.68. The zero-order valence-electron chi connectivity index (χ0n) is 15.4. The molecule has 7 nitrogen and oxygen atoms in total.